The number of rotatable bonds is 9. The van der Waals surface area contributed by atoms with Crippen LogP contribution in [0.25, 0.3) is 0 Å². The molecule has 34 heavy (non-hydrogen) atoms. The van der Waals surface area contributed by atoms with Crippen molar-refractivity contribution in [2.45, 2.75) is 19.5 Å². The largest absolute Gasteiger partial charge is 0.497 e. The van der Waals surface area contributed by atoms with Crippen molar-refractivity contribution in [1.29, 1.82) is 0 Å². The molecule has 2 N–H and O–H groups in total. The van der Waals surface area contributed by atoms with E-state index in [2.05, 4.69) is 20.6 Å². The third-order valence-corrected chi connectivity index (χ3v) is 6.07. The molecule has 0 saturated carbocycles. The van der Waals surface area contributed by atoms with Crippen LogP contribution in [-0.2, 0) is 11.3 Å². The number of ether oxygens (including phenoxy) is 2. The molecule has 8 nitrogen and oxygen atoms in total. The van der Waals surface area contributed by atoms with Crippen LogP contribution in [0.1, 0.15) is 12.5 Å². The molecule has 0 aliphatic rings. The molecule has 0 saturated heterocycles. The van der Waals surface area contributed by atoms with E-state index < -0.39 is 6.03 Å². The SMILES string of the molecule is COC[C@H](C)Nc1nccc(N(C(=O)NCc2ccc(Cl)c(Cl)c2Cl)c2ccc(OC)cc2)n1. The molecule has 2 aromatic carbocycles. The van der Waals surface area contributed by atoms with Crippen LogP contribution in [0, 0.1) is 0 Å². The summed E-state index contributed by atoms with van der Waals surface area (Å²) in [6.07, 6.45) is 1.57. The van der Waals surface area contributed by atoms with Crippen molar-refractivity contribution in [2.75, 3.05) is 31.0 Å². The number of carbonyl (C=O) groups excluding carboxylic acids is 1. The molecule has 1 aromatic heterocycles. The van der Waals surface area contributed by atoms with Gasteiger partial charge in [-0.2, -0.15) is 4.98 Å². The molecule has 1 heterocycles. The normalized spacial score (nSPS) is 11.6. The Bertz CT molecular complexity index is 1130. The van der Waals surface area contributed by atoms with Gasteiger partial charge in [-0.1, -0.05) is 40.9 Å². The summed E-state index contributed by atoms with van der Waals surface area (Å²) in [7, 11) is 3.19. The number of nitrogens with zero attached hydrogens (tertiary/aromatic N) is 3. The van der Waals surface area contributed by atoms with E-state index in [0.717, 1.165) is 0 Å². The molecule has 0 fully saturated rings. The fourth-order valence-electron chi connectivity index (χ4n) is 3.09. The van der Waals surface area contributed by atoms with E-state index in [1.807, 2.05) is 6.92 Å². The Morgan fingerprint density at radius 3 is 2.47 bits per heavy atom. The van der Waals surface area contributed by atoms with E-state index >= 15 is 0 Å². The Balaban J connectivity index is 1.89. The number of nitrogens with one attached hydrogen (secondary N) is 2. The van der Waals surface area contributed by atoms with E-state index in [4.69, 9.17) is 44.3 Å². The van der Waals surface area contributed by atoms with Crippen LogP contribution in [0.3, 0.4) is 0 Å². The van der Waals surface area contributed by atoms with Crippen molar-refractivity contribution >= 4 is 58.3 Å². The zero-order valence-corrected chi connectivity index (χ0v) is 21.1. The number of aromatic nitrogens is 2. The van der Waals surface area contributed by atoms with Gasteiger partial charge in [0.1, 0.15) is 11.6 Å². The molecule has 0 aliphatic heterocycles. The fourth-order valence-corrected chi connectivity index (χ4v) is 3.71. The Labute approximate surface area is 213 Å². The summed E-state index contributed by atoms with van der Waals surface area (Å²) in [5.74, 6) is 1.39. The Hall–Kier alpha value is -2.78. The lowest BCUT2D eigenvalue weighted by Crippen LogP contribution is -2.37. The van der Waals surface area contributed by atoms with Crippen molar-refractivity contribution in [3.63, 3.8) is 0 Å². The number of anilines is 3. The lowest BCUT2D eigenvalue weighted by Gasteiger charge is -2.23. The average Bonchev–Trinajstić information content (AvgIpc) is 2.83. The van der Waals surface area contributed by atoms with Crippen molar-refractivity contribution in [3.05, 3.63) is 69.3 Å². The number of halogens is 3. The van der Waals surface area contributed by atoms with Gasteiger partial charge in [-0.25, -0.2) is 14.7 Å². The second-order valence-corrected chi connectivity index (χ2v) is 8.43. The van der Waals surface area contributed by atoms with E-state index in [0.29, 0.717) is 40.4 Å². The first-order valence-corrected chi connectivity index (χ1v) is 11.4. The topological polar surface area (TPSA) is 88.6 Å². The number of hydrogen-bond donors (Lipinski definition) is 2. The maximum absolute atomic E-state index is 13.4. The van der Waals surface area contributed by atoms with E-state index in [1.54, 1.807) is 62.9 Å². The highest BCUT2D eigenvalue weighted by Gasteiger charge is 2.21. The van der Waals surface area contributed by atoms with E-state index in [9.17, 15) is 4.79 Å². The fraction of sp³-hybridized carbons (Fsp3) is 0.261. The minimum absolute atomic E-state index is 0.0275. The minimum atomic E-state index is -0.429. The molecular weight excluding hydrogens is 501 g/mol. The molecule has 180 valence electrons. The summed E-state index contributed by atoms with van der Waals surface area (Å²) in [5, 5.41) is 6.87. The highest BCUT2D eigenvalue weighted by molar-refractivity contribution is 6.48. The average molecular weight is 525 g/mol. The monoisotopic (exact) mass is 523 g/mol. The Morgan fingerprint density at radius 2 is 1.79 bits per heavy atom. The Morgan fingerprint density at radius 1 is 1.06 bits per heavy atom. The van der Waals surface area contributed by atoms with Crippen LogP contribution in [0.2, 0.25) is 15.1 Å². The van der Waals surface area contributed by atoms with Gasteiger partial charge in [0.05, 0.1) is 34.5 Å². The van der Waals surface area contributed by atoms with Gasteiger partial charge in [0.2, 0.25) is 5.95 Å². The zero-order chi connectivity index (χ0) is 24.7. The second kappa shape index (κ2) is 12.1. The van der Waals surface area contributed by atoms with E-state index in [-0.39, 0.29) is 22.6 Å². The molecule has 0 aliphatic carbocycles. The number of methoxy groups -OCH3 is 2. The first kappa shape index (κ1) is 25.8. The number of urea groups is 1. The highest BCUT2D eigenvalue weighted by atomic mass is 35.5. The zero-order valence-electron chi connectivity index (χ0n) is 18.8. The van der Waals surface area contributed by atoms with E-state index in [1.165, 1.54) is 4.90 Å². The summed E-state index contributed by atoms with van der Waals surface area (Å²) < 4.78 is 10.4. The summed E-state index contributed by atoms with van der Waals surface area (Å²) in [6, 6.07) is 11.5. The second-order valence-electron chi connectivity index (χ2n) is 7.27. The van der Waals surface area contributed by atoms with Gasteiger partial charge in [0.15, 0.2) is 0 Å². The predicted molar refractivity (Wildman–Crippen MR) is 136 cm³/mol. The molecule has 0 bridgehead atoms. The molecule has 0 unspecified atom stereocenters. The van der Waals surface area contributed by atoms with Gasteiger partial charge in [0, 0.05) is 32.0 Å². The van der Waals surface area contributed by atoms with Crippen molar-refractivity contribution in [3.8, 4) is 5.75 Å². The number of hydrogen-bond acceptors (Lipinski definition) is 6. The lowest BCUT2D eigenvalue weighted by molar-refractivity contribution is 0.190. The van der Waals surface area contributed by atoms with Crippen LogP contribution >= 0.6 is 34.8 Å². The lowest BCUT2D eigenvalue weighted by atomic mass is 10.2. The third-order valence-electron chi connectivity index (χ3n) is 4.74. The quantitative estimate of drug-likeness (QED) is 0.337. The van der Waals surface area contributed by atoms with Crippen molar-refractivity contribution < 1.29 is 14.3 Å². The summed E-state index contributed by atoms with van der Waals surface area (Å²) in [5.41, 5.74) is 1.20. The van der Waals surface area contributed by atoms with Crippen LogP contribution in [0.5, 0.6) is 5.75 Å². The number of carbonyl (C=O) groups is 1. The van der Waals surface area contributed by atoms with Gasteiger partial charge in [-0.05, 0) is 42.8 Å². The van der Waals surface area contributed by atoms with Crippen LogP contribution < -0.4 is 20.3 Å². The maximum Gasteiger partial charge on any atom is 0.327 e. The van der Waals surface area contributed by atoms with Crippen LogP contribution in [0.4, 0.5) is 22.2 Å². The van der Waals surface area contributed by atoms with Gasteiger partial charge in [0.25, 0.3) is 0 Å². The molecule has 1 atom stereocenters. The molecule has 3 aromatic rings. The molecule has 0 radical (unpaired) electrons. The summed E-state index contributed by atoms with van der Waals surface area (Å²) in [4.78, 5) is 23.6. The van der Waals surface area contributed by atoms with Gasteiger partial charge in [-0.15, -0.1) is 0 Å². The Kier molecular flexibility index (Phi) is 9.18. The molecule has 11 heteroatoms. The van der Waals surface area contributed by atoms with Crippen molar-refractivity contribution in [2.24, 2.45) is 0 Å². The maximum atomic E-state index is 13.4. The highest BCUT2D eigenvalue weighted by Crippen LogP contribution is 2.33. The summed E-state index contributed by atoms with van der Waals surface area (Å²) in [6.45, 7) is 2.54. The van der Waals surface area contributed by atoms with Crippen LogP contribution in [-0.4, -0.2) is 42.9 Å². The smallest absolute Gasteiger partial charge is 0.327 e. The standard InChI is InChI=1S/C23H24Cl3N5O3/c1-14(13-33-2)29-22-27-11-10-19(30-22)31(16-5-7-17(34-3)8-6-16)23(32)28-12-15-4-9-18(24)21(26)20(15)25/h4-11,14H,12-13H2,1-3H3,(H,28,32)(H,27,29,30)/t14-/m0/s1. The first-order chi connectivity index (χ1) is 16.3. The minimum Gasteiger partial charge on any atom is -0.497 e. The van der Waals surface area contributed by atoms with Gasteiger partial charge in [-0.3, -0.25) is 0 Å². The molecular formula is C23H24Cl3N5O3. The van der Waals surface area contributed by atoms with Gasteiger partial charge < -0.3 is 20.1 Å². The molecule has 0 spiro atoms. The molecule has 2 amide bonds. The van der Waals surface area contributed by atoms with Crippen molar-refractivity contribution in [1.82, 2.24) is 15.3 Å². The number of benzene rings is 2. The number of amides is 2. The molecule has 3 rings (SSSR count). The van der Waals surface area contributed by atoms with Gasteiger partial charge >= 0.3 is 6.03 Å². The first-order valence-electron chi connectivity index (χ1n) is 10.3. The predicted octanol–water partition coefficient (Wildman–Crippen LogP) is 5.94. The third kappa shape index (κ3) is 6.42. The summed E-state index contributed by atoms with van der Waals surface area (Å²) >= 11 is 18.4. The van der Waals surface area contributed by atoms with Crippen LogP contribution in [0.15, 0.2) is 48.7 Å².